The summed E-state index contributed by atoms with van der Waals surface area (Å²) in [4.78, 5) is 52.4. The molecule has 0 saturated carbocycles. The average molecular weight is 552 g/mol. The Morgan fingerprint density at radius 3 is 2.44 bits per heavy atom. The molecular weight excluding hydrogens is 522 g/mol. The molecule has 1 fully saturated rings. The summed E-state index contributed by atoms with van der Waals surface area (Å²) in [6.45, 7) is 0.775. The Labute approximate surface area is 228 Å². The summed E-state index contributed by atoms with van der Waals surface area (Å²) >= 11 is 1.29. The second-order valence-corrected chi connectivity index (χ2v) is 10.5. The standard InChI is InChI=1S/C27H29N5O6S/c1-28-25(35)30-15-7-8-19-17(13-15)18(33)14-27(38-19)9-11-32(12-10-27)24(34)21-16-5-4-6-20(37-3)22(16)39-23(21)31-26(36)29-2/h4-8,13H,9-12,14H2,1-3H3,(H2,28,30,35)(H2,29,31,36). The molecule has 2 aliphatic heterocycles. The van der Waals surface area contributed by atoms with Gasteiger partial charge in [-0.25, -0.2) is 9.59 Å². The first-order valence-electron chi connectivity index (χ1n) is 12.5. The van der Waals surface area contributed by atoms with Crippen LogP contribution in [0, 0.1) is 0 Å². The van der Waals surface area contributed by atoms with Crippen LogP contribution >= 0.6 is 11.3 Å². The van der Waals surface area contributed by atoms with E-state index in [1.54, 1.807) is 30.2 Å². The molecule has 1 spiro atoms. The smallest absolute Gasteiger partial charge is 0.319 e. The van der Waals surface area contributed by atoms with Crippen LogP contribution in [-0.4, -0.2) is 68.5 Å². The molecule has 5 amide bonds. The van der Waals surface area contributed by atoms with Crippen LogP contribution < -0.4 is 30.7 Å². The number of Topliss-reactive ketones (excluding diaryl/α,β-unsaturated/α-hetero) is 1. The number of methoxy groups -OCH3 is 1. The van der Waals surface area contributed by atoms with Crippen LogP contribution in [0.2, 0.25) is 0 Å². The number of carbonyl (C=O) groups excluding carboxylic acids is 4. The van der Waals surface area contributed by atoms with Crippen molar-refractivity contribution < 1.29 is 28.7 Å². The number of benzene rings is 2. The van der Waals surface area contributed by atoms with Crippen LogP contribution in [0.5, 0.6) is 11.5 Å². The number of hydrogen-bond acceptors (Lipinski definition) is 7. The molecule has 0 unspecified atom stereocenters. The van der Waals surface area contributed by atoms with Crippen molar-refractivity contribution in [2.45, 2.75) is 24.9 Å². The summed E-state index contributed by atoms with van der Waals surface area (Å²) < 4.78 is 12.6. The van der Waals surface area contributed by atoms with Crippen molar-refractivity contribution in [3.05, 3.63) is 47.5 Å². The minimum Gasteiger partial charge on any atom is -0.495 e. The number of rotatable bonds is 4. The quantitative estimate of drug-likeness (QED) is 0.386. The van der Waals surface area contributed by atoms with Crippen molar-refractivity contribution in [3.63, 3.8) is 0 Å². The van der Waals surface area contributed by atoms with Crippen LogP contribution in [0.25, 0.3) is 10.1 Å². The maximum absolute atomic E-state index is 13.8. The fraction of sp³-hybridized carbons (Fsp3) is 0.333. The number of nitrogens with zero attached hydrogens (tertiary/aromatic N) is 1. The summed E-state index contributed by atoms with van der Waals surface area (Å²) in [5, 5.41) is 11.6. The molecule has 1 saturated heterocycles. The number of fused-ring (bicyclic) bond motifs is 2. The van der Waals surface area contributed by atoms with Crippen LogP contribution in [0.4, 0.5) is 20.3 Å². The van der Waals surface area contributed by atoms with Crippen molar-refractivity contribution in [2.75, 3.05) is 44.9 Å². The Bertz CT molecular complexity index is 1480. The molecule has 5 rings (SSSR count). The van der Waals surface area contributed by atoms with E-state index >= 15 is 0 Å². The Balaban J connectivity index is 1.36. The van der Waals surface area contributed by atoms with Crippen molar-refractivity contribution in [1.82, 2.24) is 15.5 Å². The van der Waals surface area contributed by atoms with Gasteiger partial charge in [0.1, 0.15) is 22.1 Å². The number of nitrogens with one attached hydrogen (secondary N) is 4. The van der Waals surface area contributed by atoms with E-state index in [0.717, 1.165) is 4.70 Å². The molecule has 4 N–H and O–H groups in total. The van der Waals surface area contributed by atoms with E-state index in [-0.39, 0.29) is 24.1 Å². The Morgan fingerprint density at radius 1 is 1.03 bits per heavy atom. The van der Waals surface area contributed by atoms with Gasteiger partial charge in [0.15, 0.2) is 5.78 Å². The first kappa shape index (κ1) is 26.3. The van der Waals surface area contributed by atoms with Gasteiger partial charge < -0.3 is 30.3 Å². The van der Waals surface area contributed by atoms with Gasteiger partial charge in [-0.15, -0.1) is 11.3 Å². The van der Waals surface area contributed by atoms with Gasteiger partial charge in [-0.2, -0.15) is 0 Å². The fourth-order valence-electron chi connectivity index (χ4n) is 5.04. The van der Waals surface area contributed by atoms with Crippen molar-refractivity contribution >= 4 is 55.9 Å². The van der Waals surface area contributed by atoms with Gasteiger partial charge in [-0.3, -0.25) is 14.9 Å². The number of thiophene rings is 1. The summed E-state index contributed by atoms with van der Waals surface area (Å²) in [5.41, 5.74) is 0.633. The van der Waals surface area contributed by atoms with Crippen molar-refractivity contribution in [3.8, 4) is 11.5 Å². The lowest BCUT2D eigenvalue weighted by atomic mass is 9.82. The molecule has 3 heterocycles. The minimum absolute atomic E-state index is 0.0652. The number of likely N-dealkylation sites (tertiary alicyclic amines) is 1. The molecule has 0 radical (unpaired) electrons. The van der Waals surface area contributed by atoms with Gasteiger partial charge in [0.2, 0.25) is 0 Å². The Morgan fingerprint density at radius 2 is 1.74 bits per heavy atom. The van der Waals surface area contributed by atoms with Gasteiger partial charge >= 0.3 is 12.1 Å². The van der Waals surface area contributed by atoms with E-state index in [9.17, 15) is 19.2 Å². The third kappa shape index (κ3) is 4.94. The largest absolute Gasteiger partial charge is 0.495 e. The number of urea groups is 2. The molecule has 2 aromatic carbocycles. The van der Waals surface area contributed by atoms with Gasteiger partial charge in [-0.1, -0.05) is 12.1 Å². The van der Waals surface area contributed by atoms with Gasteiger partial charge in [0, 0.05) is 51.1 Å². The molecule has 12 heteroatoms. The highest BCUT2D eigenvalue weighted by Gasteiger charge is 2.44. The van der Waals surface area contributed by atoms with Gasteiger partial charge in [0.25, 0.3) is 5.91 Å². The van der Waals surface area contributed by atoms with Crippen molar-refractivity contribution in [1.29, 1.82) is 0 Å². The molecule has 0 atom stereocenters. The lowest BCUT2D eigenvalue weighted by Crippen LogP contribution is -2.52. The topological polar surface area (TPSA) is 138 Å². The predicted molar refractivity (Wildman–Crippen MR) is 148 cm³/mol. The van der Waals surface area contributed by atoms with Gasteiger partial charge in [-0.05, 0) is 24.3 Å². The lowest BCUT2D eigenvalue weighted by molar-refractivity contribution is -0.00561. The molecule has 11 nitrogen and oxygen atoms in total. The van der Waals surface area contributed by atoms with Crippen LogP contribution in [0.3, 0.4) is 0 Å². The number of ketones is 1. The van der Waals surface area contributed by atoms with Crippen LogP contribution in [0.1, 0.15) is 40.0 Å². The normalized spacial score (nSPS) is 15.8. The molecular formula is C27H29N5O6S. The first-order valence-corrected chi connectivity index (χ1v) is 13.3. The fourth-order valence-corrected chi connectivity index (χ4v) is 6.22. The molecule has 1 aromatic heterocycles. The SMILES string of the molecule is CNC(=O)Nc1ccc2c(c1)C(=O)CC1(CCN(C(=O)c3c(NC(=O)NC)sc4c(OC)cccc34)CC1)O2. The molecule has 0 bridgehead atoms. The number of ether oxygens (including phenoxy) is 2. The molecule has 0 aliphatic carbocycles. The van der Waals surface area contributed by atoms with Crippen molar-refractivity contribution in [2.24, 2.45) is 0 Å². The van der Waals surface area contributed by atoms with E-state index in [4.69, 9.17) is 9.47 Å². The second-order valence-electron chi connectivity index (χ2n) is 9.44. The van der Waals surface area contributed by atoms with E-state index < -0.39 is 11.6 Å². The monoisotopic (exact) mass is 551 g/mol. The van der Waals surface area contributed by atoms with Gasteiger partial charge in [0.05, 0.1) is 29.4 Å². The van der Waals surface area contributed by atoms with E-state index in [2.05, 4.69) is 21.3 Å². The summed E-state index contributed by atoms with van der Waals surface area (Å²) in [6, 6.07) is 9.67. The third-order valence-corrected chi connectivity index (χ3v) is 8.24. The second kappa shape index (κ2) is 10.4. The number of amides is 5. The minimum atomic E-state index is -0.709. The zero-order chi connectivity index (χ0) is 27.7. The molecule has 3 aromatic rings. The van der Waals surface area contributed by atoms with Crippen LogP contribution in [-0.2, 0) is 0 Å². The summed E-state index contributed by atoms with van der Waals surface area (Å²) in [5.74, 6) is 0.824. The maximum Gasteiger partial charge on any atom is 0.319 e. The lowest BCUT2D eigenvalue weighted by Gasteiger charge is -2.44. The third-order valence-electron chi connectivity index (χ3n) is 7.10. The molecule has 39 heavy (non-hydrogen) atoms. The Hall–Kier alpha value is -4.32. The highest BCUT2D eigenvalue weighted by molar-refractivity contribution is 7.23. The highest BCUT2D eigenvalue weighted by Crippen LogP contribution is 2.43. The number of anilines is 2. The Kier molecular flexibility index (Phi) is 7.04. The zero-order valence-electron chi connectivity index (χ0n) is 21.8. The average Bonchev–Trinajstić information content (AvgIpc) is 3.31. The highest BCUT2D eigenvalue weighted by atomic mass is 32.1. The first-order chi connectivity index (χ1) is 18.8. The number of piperidine rings is 1. The summed E-state index contributed by atoms with van der Waals surface area (Å²) in [7, 11) is 4.59. The predicted octanol–water partition coefficient (Wildman–Crippen LogP) is 4.05. The number of carbonyl (C=O) groups is 4. The zero-order valence-corrected chi connectivity index (χ0v) is 22.6. The molecule has 2 aliphatic rings. The van der Waals surface area contributed by atoms with Crippen LogP contribution in [0.15, 0.2) is 36.4 Å². The summed E-state index contributed by atoms with van der Waals surface area (Å²) in [6.07, 6.45) is 1.14. The maximum atomic E-state index is 13.8. The molecule has 204 valence electrons. The number of hydrogen-bond donors (Lipinski definition) is 4. The van der Waals surface area contributed by atoms with E-state index in [1.807, 2.05) is 18.2 Å². The van der Waals surface area contributed by atoms with E-state index in [1.165, 1.54) is 25.4 Å². The van der Waals surface area contributed by atoms with E-state index in [0.29, 0.717) is 64.6 Å².